The SMILES string of the molecule is C[C@@H]1CCCC[NH+]1CCCNC(=O)Cn1ncc(=O)c2ccccc21. The van der Waals surface area contributed by atoms with Crippen molar-refractivity contribution in [3.63, 3.8) is 0 Å². The molecule has 2 aromatic rings. The highest BCUT2D eigenvalue weighted by molar-refractivity contribution is 5.81. The van der Waals surface area contributed by atoms with Crippen LogP contribution in [0, 0.1) is 0 Å². The van der Waals surface area contributed by atoms with Crippen LogP contribution in [0.2, 0.25) is 0 Å². The van der Waals surface area contributed by atoms with E-state index < -0.39 is 0 Å². The first-order valence-electron chi connectivity index (χ1n) is 9.21. The molecule has 25 heavy (non-hydrogen) atoms. The molecule has 2 atom stereocenters. The Hall–Kier alpha value is -2.21. The molecule has 6 nitrogen and oxygen atoms in total. The van der Waals surface area contributed by atoms with Crippen molar-refractivity contribution in [1.29, 1.82) is 0 Å². The highest BCUT2D eigenvalue weighted by Crippen LogP contribution is 2.07. The van der Waals surface area contributed by atoms with Gasteiger partial charge in [-0.3, -0.25) is 14.3 Å². The number of amides is 1. The van der Waals surface area contributed by atoms with Crippen molar-refractivity contribution in [2.24, 2.45) is 0 Å². The molecule has 0 aliphatic carbocycles. The van der Waals surface area contributed by atoms with Crippen LogP contribution in [0.15, 0.2) is 35.3 Å². The minimum Gasteiger partial charge on any atom is -0.354 e. The number of rotatable bonds is 6. The molecule has 0 radical (unpaired) electrons. The van der Waals surface area contributed by atoms with Gasteiger partial charge in [0.15, 0.2) is 0 Å². The van der Waals surface area contributed by atoms with Crippen molar-refractivity contribution < 1.29 is 9.69 Å². The summed E-state index contributed by atoms with van der Waals surface area (Å²) >= 11 is 0. The summed E-state index contributed by atoms with van der Waals surface area (Å²) in [5.41, 5.74) is 0.572. The lowest BCUT2D eigenvalue weighted by Crippen LogP contribution is -3.16. The number of aromatic nitrogens is 2. The summed E-state index contributed by atoms with van der Waals surface area (Å²) in [5.74, 6) is -0.0667. The molecule has 1 aliphatic heterocycles. The van der Waals surface area contributed by atoms with E-state index in [2.05, 4.69) is 17.3 Å². The molecule has 1 saturated heterocycles. The normalized spacial score (nSPS) is 20.5. The molecule has 3 rings (SSSR count). The average molecular weight is 343 g/mol. The standard InChI is InChI=1S/C19H26N4O2/c1-15-7-4-5-11-22(15)12-6-10-20-19(25)14-23-17-9-3-2-8-16(17)18(24)13-21-23/h2-3,8-9,13,15H,4-7,10-12,14H2,1H3,(H,20,25)/p+1/t15-/m1/s1. The van der Waals surface area contributed by atoms with E-state index in [1.54, 1.807) is 15.6 Å². The molecule has 1 unspecified atom stereocenters. The molecule has 6 heteroatoms. The largest absolute Gasteiger partial charge is 0.354 e. The van der Waals surface area contributed by atoms with Crippen LogP contribution in [0.5, 0.6) is 0 Å². The quantitative estimate of drug-likeness (QED) is 0.744. The maximum Gasteiger partial charge on any atom is 0.241 e. The van der Waals surface area contributed by atoms with Crippen molar-refractivity contribution in [2.45, 2.75) is 45.2 Å². The highest BCUT2D eigenvalue weighted by Gasteiger charge is 2.20. The number of para-hydroxylation sites is 1. The van der Waals surface area contributed by atoms with Gasteiger partial charge in [-0.2, -0.15) is 5.10 Å². The number of piperidine rings is 1. The van der Waals surface area contributed by atoms with Crippen LogP contribution in [0.4, 0.5) is 0 Å². The molecule has 1 aliphatic rings. The molecular formula is C19H27N4O2+. The first kappa shape index (κ1) is 17.6. The molecule has 1 fully saturated rings. The summed E-state index contributed by atoms with van der Waals surface area (Å²) in [4.78, 5) is 25.7. The Morgan fingerprint density at radius 3 is 3.04 bits per heavy atom. The lowest BCUT2D eigenvalue weighted by Gasteiger charge is -2.30. The zero-order valence-corrected chi connectivity index (χ0v) is 14.8. The van der Waals surface area contributed by atoms with Crippen LogP contribution >= 0.6 is 0 Å². The van der Waals surface area contributed by atoms with Gasteiger partial charge in [0.05, 0.1) is 30.8 Å². The van der Waals surface area contributed by atoms with Gasteiger partial charge in [-0.1, -0.05) is 12.1 Å². The minimum atomic E-state index is -0.120. The first-order chi connectivity index (χ1) is 12.1. The van der Waals surface area contributed by atoms with Gasteiger partial charge in [-0.15, -0.1) is 0 Å². The van der Waals surface area contributed by atoms with Crippen molar-refractivity contribution >= 4 is 16.8 Å². The van der Waals surface area contributed by atoms with Crippen LogP contribution < -0.4 is 15.6 Å². The molecule has 2 N–H and O–H groups in total. The summed E-state index contributed by atoms with van der Waals surface area (Å²) in [7, 11) is 0. The van der Waals surface area contributed by atoms with Crippen molar-refractivity contribution in [2.75, 3.05) is 19.6 Å². The summed E-state index contributed by atoms with van der Waals surface area (Å²) < 4.78 is 1.59. The van der Waals surface area contributed by atoms with E-state index in [1.807, 2.05) is 18.2 Å². The van der Waals surface area contributed by atoms with Gasteiger partial charge in [0.25, 0.3) is 0 Å². The number of carbonyl (C=O) groups excluding carboxylic acids is 1. The number of fused-ring (bicyclic) bond motifs is 1. The summed E-state index contributed by atoms with van der Waals surface area (Å²) in [6, 6.07) is 7.98. The maximum atomic E-state index is 12.2. The number of carbonyl (C=O) groups is 1. The fraction of sp³-hybridized carbons (Fsp3) is 0.526. The number of nitrogens with one attached hydrogen (secondary N) is 2. The van der Waals surface area contributed by atoms with Crippen LogP contribution in [-0.2, 0) is 11.3 Å². The van der Waals surface area contributed by atoms with Gasteiger partial charge in [-0.25, -0.2) is 0 Å². The third kappa shape index (κ3) is 4.45. The van der Waals surface area contributed by atoms with Gasteiger partial charge in [0, 0.05) is 18.4 Å². The Morgan fingerprint density at radius 1 is 1.36 bits per heavy atom. The topological polar surface area (TPSA) is 68.4 Å². The van der Waals surface area contributed by atoms with Crippen LogP contribution in [-0.4, -0.2) is 41.4 Å². The Bertz CT molecular complexity index is 786. The van der Waals surface area contributed by atoms with E-state index in [1.165, 1.54) is 32.0 Å². The van der Waals surface area contributed by atoms with Crippen LogP contribution in [0.3, 0.4) is 0 Å². The molecule has 0 spiro atoms. The molecule has 0 bridgehead atoms. The van der Waals surface area contributed by atoms with Gasteiger partial charge < -0.3 is 10.2 Å². The Kier molecular flexibility index (Phi) is 5.81. The van der Waals surface area contributed by atoms with E-state index in [0.29, 0.717) is 17.4 Å². The lowest BCUT2D eigenvalue weighted by molar-refractivity contribution is -0.928. The van der Waals surface area contributed by atoms with E-state index in [4.69, 9.17) is 0 Å². The Balaban J connectivity index is 1.50. The van der Waals surface area contributed by atoms with Crippen LogP contribution in [0.25, 0.3) is 10.9 Å². The molecular weight excluding hydrogens is 316 g/mol. The molecule has 2 heterocycles. The number of benzene rings is 1. The predicted octanol–water partition coefficient (Wildman–Crippen LogP) is 0.360. The zero-order chi connectivity index (χ0) is 17.6. The summed E-state index contributed by atoms with van der Waals surface area (Å²) in [6.07, 6.45) is 6.24. The fourth-order valence-corrected chi connectivity index (χ4v) is 3.65. The molecule has 1 aromatic carbocycles. The van der Waals surface area contributed by atoms with Gasteiger partial charge in [-0.05, 0) is 38.3 Å². The van der Waals surface area contributed by atoms with Gasteiger partial charge in [0.2, 0.25) is 11.3 Å². The van der Waals surface area contributed by atoms with Gasteiger partial charge >= 0.3 is 0 Å². The van der Waals surface area contributed by atoms with E-state index >= 15 is 0 Å². The second-order valence-corrected chi connectivity index (χ2v) is 6.94. The van der Waals surface area contributed by atoms with Gasteiger partial charge in [0.1, 0.15) is 6.54 Å². The third-order valence-electron chi connectivity index (χ3n) is 5.13. The van der Waals surface area contributed by atoms with E-state index in [-0.39, 0.29) is 17.9 Å². The van der Waals surface area contributed by atoms with Crippen molar-refractivity contribution in [1.82, 2.24) is 15.1 Å². The van der Waals surface area contributed by atoms with Crippen LogP contribution in [0.1, 0.15) is 32.6 Å². The summed E-state index contributed by atoms with van der Waals surface area (Å²) in [5, 5.41) is 7.66. The minimum absolute atomic E-state index is 0.0667. The zero-order valence-electron chi connectivity index (χ0n) is 14.8. The summed E-state index contributed by atoms with van der Waals surface area (Å²) in [6.45, 7) is 5.50. The Morgan fingerprint density at radius 2 is 2.20 bits per heavy atom. The second-order valence-electron chi connectivity index (χ2n) is 6.94. The molecule has 0 saturated carbocycles. The first-order valence-corrected chi connectivity index (χ1v) is 9.21. The van der Waals surface area contributed by atoms with E-state index in [9.17, 15) is 9.59 Å². The number of likely N-dealkylation sites (tertiary alicyclic amines) is 1. The lowest BCUT2D eigenvalue weighted by atomic mass is 10.0. The number of nitrogens with zero attached hydrogens (tertiary/aromatic N) is 2. The monoisotopic (exact) mass is 343 g/mol. The van der Waals surface area contributed by atoms with Crippen molar-refractivity contribution in [3.05, 3.63) is 40.7 Å². The number of hydrogen-bond donors (Lipinski definition) is 2. The fourth-order valence-electron chi connectivity index (χ4n) is 3.65. The smallest absolute Gasteiger partial charge is 0.241 e. The number of quaternary nitrogens is 1. The Labute approximate surface area is 147 Å². The molecule has 1 aromatic heterocycles. The molecule has 134 valence electrons. The molecule has 1 amide bonds. The third-order valence-corrected chi connectivity index (χ3v) is 5.13. The average Bonchev–Trinajstić information content (AvgIpc) is 2.63. The predicted molar refractivity (Wildman–Crippen MR) is 97.6 cm³/mol. The van der Waals surface area contributed by atoms with Crippen molar-refractivity contribution in [3.8, 4) is 0 Å². The second kappa shape index (κ2) is 8.25. The highest BCUT2D eigenvalue weighted by atomic mass is 16.2. The van der Waals surface area contributed by atoms with E-state index in [0.717, 1.165) is 19.0 Å². The maximum absolute atomic E-state index is 12.2. The number of hydrogen-bond acceptors (Lipinski definition) is 3.